The number of aromatic nitrogens is 1. The highest BCUT2D eigenvalue weighted by molar-refractivity contribution is 5.93. The highest BCUT2D eigenvalue weighted by atomic mass is 16.5. The number of carbonyl (C=O) groups is 1. The molecule has 0 aliphatic carbocycles. The second-order valence-corrected chi connectivity index (χ2v) is 5.34. The Balaban J connectivity index is 1.85. The number of aryl methyl sites for hydroxylation is 1. The minimum Gasteiger partial charge on any atom is -0.504 e. The van der Waals surface area contributed by atoms with Gasteiger partial charge in [-0.05, 0) is 30.7 Å². The number of rotatable bonds is 3. The highest BCUT2D eigenvalue weighted by Gasteiger charge is 2.18. The number of pyridine rings is 1. The number of hydrogen-bond acceptors (Lipinski definition) is 5. The van der Waals surface area contributed by atoms with E-state index in [2.05, 4.69) is 6.07 Å². The van der Waals surface area contributed by atoms with Crippen LogP contribution in [0.5, 0.6) is 11.5 Å². The van der Waals surface area contributed by atoms with E-state index in [4.69, 9.17) is 4.74 Å². The van der Waals surface area contributed by atoms with Crippen LogP contribution in [0.25, 0.3) is 5.52 Å². The number of esters is 1. The molecule has 0 radical (unpaired) electrons. The molecule has 0 fully saturated rings. The van der Waals surface area contributed by atoms with E-state index < -0.39 is 11.7 Å². The number of nitriles is 1. The molecule has 0 bridgehead atoms. The first-order valence-corrected chi connectivity index (χ1v) is 7.20. The van der Waals surface area contributed by atoms with Crippen molar-refractivity contribution in [3.8, 4) is 17.6 Å². The maximum atomic E-state index is 12.1. The van der Waals surface area contributed by atoms with E-state index in [1.165, 1.54) is 12.1 Å². The molecule has 24 heavy (non-hydrogen) atoms. The molecule has 0 atom stereocenters. The fourth-order valence-electron chi connectivity index (χ4n) is 2.48. The summed E-state index contributed by atoms with van der Waals surface area (Å²) in [6.45, 7) is 1.49. The Morgan fingerprint density at radius 1 is 1.25 bits per heavy atom. The predicted molar refractivity (Wildman–Crippen MR) is 85.7 cm³/mol. The molecule has 0 saturated carbocycles. The molecule has 0 aliphatic heterocycles. The standard InChI is InChI=1S/C18H14N2O4/c1-11-5-6-13(17(22)16(11)21)18(23)24-10-12-9-20-7-3-2-4-15(20)14(12)8-19/h2-7,9,21-22H,10H2,1H3. The fraction of sp³-hybridized carbons (Fsp3) is 0.111. The van der Waals surface area contributed by atoms with Crippen molar-refractivity contribution in [3.05, 3.63) is 65.0 Å². The van der Waals surface area contributed by atoms with Crippen molar-refractivity contribution in [2.75, 3.05) is 0 Å². The highest BCUT2D eigenvalue weighted by Crippen LogP contribution is 2.32. The summed E-state index contributed by atoms with van der Waals surface area (Å²) >= 11 is 0. The lowest BCUT2D eigenvalue weighted by atomic mass is 10.1. The van der Waals surface area contributed by atoms with Gasteiger partial charge in [0.05, 0.1) is 11.1 Å². The molecule has 2 aromatic heterocycles. The molecule has 1 aromatic carbocycles. The third-order valence-electron chi connectivity index (χ3n) is 3.81. The van der Waals surface area contributed by atoms with E-state index in [-0.39, 0.29) is 17.9 Å². The Hall–Kier alpha value is -3.46. The van der Waals surface area contributed by atoms with E-state index in [1.807, 2.05) is 12.1 Å². The second kappa shape index (κ2) is 5.97. The quantitative estimate of drug-likeness (QED) is 0.571. The van der Waals surface area contributed by atoms with Gasteiger partial charge < -0.3 is 19.4 Å². The predicted octanol–water partition coefficient (Wildman–Crippen LogP) is 2.89. The van der Waals surface area contributed by atoms with Crippen molar-refractivity contribution >= 4 is 11.5 Å². The molecule has 0 unspecified atom stereocenters. The van der Waals surface area contributed by atoms with Crippen LogP contribution in [0.2, 0.25) is 0 Å². The molecule has 120 valence electrons. The second-order valence-electron chi connectivity index (χ2n) is 5.34. The van der Waals surface area contributed by atoms with Crippen molar-refractivity contribution in [1.29, 1.82) is 5.26 Å². The number of carbonyl (C=O) groups excluding carboxylic acids is 1. The average Bonchev–Trinajstić information content (AvgIpc) is 2.95. The lowest BCUT2D eigenvalue weighted by Crippen LogP contribution is -2.06. The number of benzene rings is 1. The Labute approximate surface area is 137 Å². The van der Waals surface area contributed by atoms with Crippen LogP contribution in [0.15, 0.2) is 42.7 Å². The molecule has 0 spiro atoms. The van der Waals surface area contributed by atoms with Gasteiger partial charge in [-0.1, -0.05) is 12.1 Å². The fourth-order valence-corrected chi connectivity index (χ4v) is 2.48. The monoisotopic (exact) mass is 322 g/mol. The Morgan fingerprint density at radius 2 is 2.04 bits per heavy atom. The third-order valence-corrected chi connectivity index (χ3v) is 3.81. The van der Waals surface area contributed by atoms with Crippen LogP contribution in [-0.4, -0.2) is 20.6 Å². The maximum Gasteiger partial charge on any atom is 0.342 e. The van der Waals surface area contributed by atoms with E-state index in [1.54, 1.807) is 29.8 Å². The summed E-state index contributed by atoms with van der Waals surface area (Å²) in [4.78, 5) is 12.1. The van der Waals surface area contributed by atoms with E-state index in [9.17, 15) is 20.3 Å². The zero-order valence-corrected chi connectivity index (χ0v) is 12.9. The Morgan fingerprint density at radius 3 is 2.79 bits per heavy atom. The molecule has 2 heterocycles. The number of ether oxygens (including phenoxy) is 1. The molecule has 6 nitrogen and oxygen atoms in total. The van der Waals surface area contributed by atoms with E-state index in [0.29, 0.717) is 16.7 Å². The minimum atomic E-state index is -0.776. The molecule has 0 aliphatic rings. The van der Waals surface area contributed by atoms with Gasteiger partial charge in [0.1, 0.15) is 18.2 Å². The van der Waals surface area contributed by atoms with Crippen LogP contribution in [0.4, 0.5) is 0 Å². The van der Waals surface area contributed by atoms with Crippen molar-refractivity contribution in [2.24, 2.45) is 0 Å². The zero-order valence-electron chi connectivity index (χ0n) is 12.9. The summed E-state index contributed by atoms with van der Waals surface area (Å²) in [5, 5.41) is 28.9. The van der Waals surface area contributed by atoms with E-state index in [0.717, 1.165) is 5.52 Å². The topological polar surface area (TPSA) is 95.0 Å². The van der Waals surface area contributed by atoms with Gasteiger partial charge in [-0.2, -0.15) is 5.26 Å². The number of fused-ring (bicyclic) bond motifs is 1. The zero-order chi connectivity index (χ0) is 17.3. The largest absolute Gasteiger partial charge is 0.504 e. The van der Waals surface area contributed by atoms with Crippen LogP contribution in [-0.2, 0) is 11.3 Å². The van der Waals surface area contributed by atoms with Crippen LogP contribution in [0, 0.1) is 18.3 Å². The molecular weight excluding hydrogens is 308 g/mol. The summed E-state index contributed by atoms with van der Waals surface area (Å²) in [6.07, 6.45) is 3.51. The van der Waals surface area contributed by atoms with Crippen molar-refractivity contribution < 1.29 is 19.7 Å². The molecule has 3 aromatic rings. The van der Waals surface area contributed by atoms with Gasteiger partial charge >= 0.3 is 5.97 Å². The maximum absolute atomic E-state index is 12.1. The molecule has 2 N–H and O–H groups in total. The van der Waals surface area contributed by atoms with Crippen molar-refractivity contribution in [1.82, 2.24) is 4.40 Å². The first-order valence-electron chi connectivity index (χ1n) is 7.20. The van der Waals surface area contributed by atoms with Gasteiger partial charge in [-0.25, -0.2) is 4.79 Å². The smallest absolute Gasteiger partial charge is 0.342 e. The van der Waals surface area contributed by atoms with Gasteiger partial charge in [-0.3, -0.25) is 0 Å². The third kappa shape index (κ3) is 2.52. The Kier molecular flexibility index (Phi) is 3.84. The SMILES string of the molecule is Cc1ccc(C(=O)OCc2cn3ccccc3c2C#N)c(O)c1O. The number of aromatic hydroxyl groups is 2. The molecule has 0 saturated heterocycles. The normalized spacial score (nSPS) is 10.5. The lowest BCUT2D eigenvalue weighted by molar-refractivity contribution is 0.0468. The van der Waals surface area contributed by atoms with Gasteiger partial charge in [-0.15, -0.1) is 0 Å². The summed E-state index contributed by atoms with van der Waals surface area (Å²) < 4.78 is 6.96. The first-order chi connectivity index (χ1) is 11.5. The van der Waals surface area contributed by atoms with Crippen LogP contribution in [0.3, 0.4) is 0 Å². The average molecular weight is 322 g/mol. The molecule has 0 amide bonds. The Bertz CT molecular complexity index is 983. The van der Waals surface area contributed by atoms with Crippen molar-refractivity contribution in [3.63, 3.8) is 0 Å². The van der Waals surface area contributed by atoms with Gasteiger partial charge in [0.25, 0.3) is 0 Å². The van der Waals surface area contributed by atoms with Crippen molar-refractivity contribution in [2.45, 2.75) is 13.5 Å². The van der Waals surface area contributed by atoms with Crippen LogP contribution >= 0.6 is 0 Å². The van der Waals surface area contributed by atoms with Crippen LogP contribution < -0.4 is 0 Å². The first kappa shape index (κ1) is 15.4. The van der Waals surface area contributed by atoms with Gasteiger partial charge in [0.15, 0.2) is 11.5 Å². The minimum absolute atomic E-state index is 0.114. The number of phenolic OH excluding ortho intramolecular Hbond substituents is 2. The summed E-state index contributed by atoms with van der Waals surface area (Å²) in [7, 11) is 0. The molecule has 3 rings (SSSR count). The summed E-state index contributed by atoms with van der Waals surface area (Å²) in [6, 6.07) is 10.5. The van der Waals surface area contributed by atoms with Gasteiger partial charge in [0.2, 0.25) is 0 Å². The number of nitrogens with zero attached hydrogens (tertiary/aromatic N) is 2. The number of hydrogen-bond donors (Lipinski definition) is 2. The lowest BCUT2D eigenvalue weighted by Gasteiger charge is -2.08. The summed E-state index contributed by atoms with van der Waals surface area (Å²) in [5.41, 5.74) is 2.05. The van der Waals surface area contributed by atoms with Crippen LogP contribution in [0.1, 0.15) is 27.0 Å². The number of phenols is 2. The molecule has 6 heteroatoms. The van der Waals surface area contributed by atoms with Gasteiger partial charge in [0, 0.05) is 18.0 Å². The summed E-state index contributed by atoms with van der Waals surface area (Å²) in [5.74, 6) is -1.64. The molecular formula is C18H14N2O4. The van der Waals surface area contributed by atoms with E-state index >= 15 is 0 Å².